The molecule has 5 heteroatoms. The van der Waals surface area contributed by atoms with Gasteiger partial charge in [-0.1, -0.05) is 24.3 Å². The van der Waals surface area contributed by atoms with Crippen molar-refractivity contribution in [2.45, 2.75) is 19.9 Å². The third-order valence-corrected chi connectivity index (χ3v) is 2.29. The predicted octanol–water partition coefficient (Wildman–Crippen LogP) is 2.79. The highest BCUT2D eigenvalue weighted by Gasteiger charge is 2.16. The average molecular weight is 238 g/mol. The molecule has 0 radical (unpaired) electrons. The van der Waals surface area contributed by atoms with E-state index >= 15 is 0 Å². The summed E-state index contributed by atoms with van der Waals surface area (Å²) in [6.45, 7) is 2.94. The summed E-state index contributed by atoms with van der Waals surface area (Å²) in [6, 6.07) is 4.20. The quantitative estimate of drug-likeness (QED) is 0.359. The fourth-order valence-electron chi connectivity index (χ4n) is 1.42. The summed E-state index contributed by atoms with van der Waals surface area (Å²) in [6.07, 6.45) is 4.79. The minimum atomic E-state index is -0.754. The summed E-state index contributed by atoms with van der Waals surface area (Å²) < 4.78 is 13.6. The smallest absolute Gasteiger partial charge is 0.305 e. The van der Waals surface area contributed by atoms with E-state index in [0.29, 0.717) is 18.7 Å². The van der Waals surface area contributed by atoms with Gasteiger partial charge in [-0.2, -0.15) is 4.39 Å². The van der Waals surface area contributed by atoms with Crippen molar-refractivity contribution in [3.8, 4) is 0 Å². The lowest BCUT2D eigenvalue weighted by atomic mass is 10.2. The second-order valence-corrected chi connectivity index (χ2v) is 3.54. The molecule has 0 aliphatic heterocycles. The van der Waals surface area contributed by atoms with Gasteiger partial charge in [0.05, 0.1) is 4.92 Å². The molecular formula is C12H15FN2O2. The zero-order valence-corrected chi connectivity index (χ0v) is 9.65. The number of benzene rings is 1. The van der Waals surface area contributed by atoms with Crippen LogP contribution in [0.5, 0.6) is 0 Å². The highest BCUT2D eigenvalue weighted by atomic mass is 19.1. The summed E-state index contributed by atoms with van der Waals surface area (Å²) in [5, 5.41) is 13.6. The molecule has 0 fully saturated rings. The lowest BCUT2D eigenvalue weighted by molar-refractivity contribution is -0.387. The number of nitro groups is 1. The molecule has 0 atom stereocenters. The van der Waals surface area contributed by atoms with Crippen LogP contribution in [0.4, 0.5) is 10.1 Å². The standard InChI is InChI=1S/C12H15FN2O2/c1-2-3-4-8-14-9-10-6-5-7-11(12(10)13)15(16)17/h2-3,5-7,14H,4,8-9H2,1H3/b3-2+. The number of nitro benzene ring substituents is 1. The van der Waals surface area contributed by atoms with Gasteiger partial charge >= 0.3 is 5.69 Å². The van der Waals surface area contributed by atoms with Crippen LogP contribution < -0.4 is 5.32 Å². The van der Waals surface area contributed by atoms with Crippen molar-refractivity contribution in [3.63, 3.8) is 0 Å². The Bertz CT molecular complexity index is 419. The van der Waals surface area contributed by atoms with Crippen molar-refractivity contribution in [1.82, 2.24) is 5.32 Å². The SMILES string of the molecule is C/C=C/CCNCc1cccc([N+](=O)[O-])c1F. The highest BCUT2D eigenvalue weighted by Crippen LogP contribution is 2.19. The Morgan fingerprint density at radius 3 is 2.94 bits per heavy atom. The first-order valence-corrected chi connectivity index (χ1v) is 5.40. The summed E-state index contributed by atoms with van der Waals surface area (Å²) in [7, 11) is 0. The summed E-state index contributed by atoms with van der Waals surface area (Å²) in [5.74, 6) is -0.754. The van der Waals surface area contributed by atoms with E-state index in [1.165, 1.54) is 12.1 Å². The van der Waals surface area contributed by atoms with Gasteiger partial charge < -0.3 is 5.32 Å². The maximum absolute atomic E-state index is 13.6. The van der Waals surface area contributed by atoms with E-state index in [4.69, 9.17) is 0 Å². The molecule has 0 heterocycles. The first-order chi connectivity index (χ1) is 8.16. The van der Waals surface area contributed by atoms with Gasteiger partial charge in [-0.15, -0.1) is 0 Å². The summed E-state index contributed by atoms with van der Waals surface area (Å²) in [5.41, 5.74) is -0.155. The molecule has 17 heavy (non-hydrogen) atoms. The van der Waals surface area contributed by atoms with Crippen LogP contribution in [0, 0.1) is 15.9 Å². The van der Waals surface area contributed by atoms with Gasteiger partial charge in [0.1, 0.15) is 0 Å². The van der Waals surface area contributed by atoms with Gasteiger partial charge in [-0.25, -0.2) is 0 Å². The molecule has 0 aliphatic rings. The molecule has 1 rings (SSSR count). The highest BCUT2D eigenvalue weighted by molar-refractivity contribution is 5.36. The van der Waals surface area contributed by atoms with E-state index < -0.39 is 16.4 Å². The van der Waals surface area contributed by atoms with Crippen LogP contribution in [0.25, 0.3) is 0 Å². The average Bonchev–Trinajstić information content (AvgIpc) is 2.30. The Hall–Kier alpha value is -1.75. The van der Waals surface area contributed by atoms with E-state index in [2.05, 4.69) is 5.32 Å². The van der Waals surface area contributed by atoms with Crippen molar-refractivity contribution in [3.05, 3.63) is 51.8 Å². The normalized spacial score (nSPS) is 10.9. The van der Waals surface area contributed by atoms with E-state index in [0.717, 1.165) is 6.42 Å². The largest absolute Gasteiger partial charge is 0.312 e. The lowest BCUT2D eigenvalue weighted by Crippen LogP contribution is -2.15. The third kappa shape index (κ3) is 3.96. The molecule has 92 valence electrons. The number of halogens is 1. The first kappa shape index (κ1) is 13.3. The van der Waals surface area contributed by atoms with Crippen LogP contribution in [0.1, 0.15) is 18.9 Å². The molecule has 0 unspecified atom stereocenters. The van der Waals surface area contributed by atoms with Gasteiger partial charge in [0, 0.05) is 18.2 Å². The monoisotopic (exact) mass is 238 g/mol. The van der Waals surface area contributed by atoms with Gasteiger partial charge in [0.2, 0.25) is 5.82 Å². The Kier molecular flexibility index (Phi) is 5.29. The number of rotatable bonds is 6. The van der Waals surface area contributed by atoms with Crippen molar-refractivity contribution < 1.29 is 9.31 Å². The second kappa shape index (κ2) is 6.75. The van der Waals surface area contributed by atoms with Crippen LogP contribution in [0.15, 0.2) is 30.4 Å². The fourth-order valence-corrected chi connectivity index (χ4v) is 1.42. The summed E-state index contributed by atoms with van der Waals surface area (Å²) in [4.78, 5) is 9.82. The van der Waals surface area contributed by atoms with Crippen molar-refractivity contribution in [2.75, 3.05) is 6.54 Å². The van der Waals surface area contributed by atoms with Gasteiger partial charge in [0.25, 0.3) is 0 Å². The Morgan fingerprint density at radius 2 is 2.29 bits per heavy atom. The molecule has 0 amide bonds. The summed E-state index contributed by atoms with van der Waals surface area (Å²) >= 11 is 0. The van der Waals surface area contributed by atoms with Crippen LogP contribution in [-0.4, -0.2) is 11.5 Å². The Balaban J connectivity index is 2.59. The zero-order chi connectivity index (χ0) is 12.7. The molecule has 4 nitrogen and oxygen atoms in total. The Morgan fingerprint density at radius 1 is 1.53 bits per heavy atom. The van der Waals surface area contributed by atoms with Crippen LogP contribution in [-0.2, 0) is 6.54 Å². The molecule has 0 aliphatic carbocycles. The minimum absolute atomic E-state index is 0.297. The fraction of sp³-hybridized carbons (Fsp3) is 0.333. The number of hydrogen-bond donors (Lipinski definition) is 1. The number of hydrogen-bond acceptors (Lipinski definition) is 3. The maximum Gasteiger partial charge on any atom is 0.305 e. The molecule has 0 saturated carbocycles. The van der Waals surface area contributed by atoms with E-state index in [9.17, 15) is 14.5 Å². The topological polar surface area (TPSA) is 55.2 Å². The van der Waals surface area contributed by atoms with E-state index in [1.807, 2.05) is 19.1 Å². The van der Waals surface area contributed by atoms with E-state index in [-0.39, 0.29) is 0 Å². The van der Waals surface area contributed by atoms with Gasteiger partial charge in [-0.05, 0) is 19.9 Å². The molecule has 1 N–H and O–H groups in total. The molecule has 0 aromatic heterocycles. The first-order valence-electron chi connectivity index (χ1n) is 5.40. The molecule has 0 bridgehead atoms. The predicted molar refractivity (Wildman–Crippen MR) is 64.2 cm³/mol. The number of nitrogens with one attached hydrogen (secondary N) is 1. The molecule has 1 aromatic rings. The van der Waals surface area contributed by atoms with Crippen LogP contribution >= 0.6 is 0 Å². The number of allylic oxidation sites excluding steroid dienone is 1. The lowest BCUT2D eigenvalue weighted by Gasteiger charge is -2.04. The van der Waals surface area contributed by atoms with Crippen molar-refractivity contribution in [2.24, 2.45) is 0 Å². The Labute approximate surface area is 99.3 Å². The van der Waals surface area contributed by atoms with Gasteiger partial charge in [-0.3, -0.25) is 10.1 Å². The molecule has 0 spiro atoms. The van der Waals surface area contributed by atoms with Crippen molar-refractivity contribution in [1.29, 1.82) is 0 Å². The maximum atomic E-state index is 13.6. The van der Waals surface area contributed by atoms with Crippen molar-refractivity contribution >= 4 is 5.69 Å². The zero-order valence-electron chi connectivity index (χ0n) is 9.65. The minimum Gasteiger partial charge on any atom is -0.312 e. The van der Waals surface area contributed by atoms with Crippen LogP contribution in [0.3, 0.4) is 0 Å². The second-order valence-electron chi connectivity index (χ2n) is 3.54. The van der Waals surface area contributed by atoms with Gasteiger partial charge in [0.15, 0.2) is 0 Å². The third-order valence-electron chi connectivity index (χ3n) is 2.29. The molecule has 0 saturated heterocycles. The molecule has 1 aromatic carbocycles. The van der Waals surface area contributed by atoms with E-state index in [1.54, 1.807) is 6.07 Å². The van der Waals surface area contributed by atoms with Crippen LogP contribution in [0.2, 0.25) is 0 Å². The number of nitrogens with zero attached hydrogens (tertiary/aromatic N) is 1. The molecular weight excluding hydrogens is 223 g/mol.